The Balaban J connectivity index is 1.84. The first-order valence-corrected chi connectivity index (χ1v) is 10.5. The number of nitro groups is 1. The maximum Gasteiger partial charge on any atom is 0.282 e. The number of hydrogen-bond donors (Lipinski definition) is 0. The molecule has 0 atom stereocenters. The number of anilines is 1. The maximum absolute atomic E-state index is 13.6. The average molecular weight is 448 g/mol. The van der Waals surface area contributed by atoms with Crippen LogP contribution in [0.15, 0.2) is 42.0 Å². The fourth-order valence-corrected chi connectivity index (χ4v) is 4.39. The molecule has 0 aliphatic carbocycles. The van der Waals surface area contributed by atoms with Gasteiger partial charge in [-0.25, -0.2) is 9.97 Å². The lowest BCUT2D eigenvalue weighted by Crippen LogP contribution is -2.48. The second-order valence-corrected chi connectivity index (χ2v) is 8.03. The van der Waals surface area contributed by atoms with Gasteiger partial charge in [-0.2, -0.15) is 0 Å². The van der Waals surface area contributed by atoms with Crippen LogP contribution in [-0.2, 0) is 4.79 Å². The topological polar surface area (TPSA) is 114 Å². The Labute approximate surface area is 189 Å². The predicted molar refractivity (Wildman–Crippen MR) is 125 cm³/mol. The van der Waals surface area contributed by atoms with E-state index in [2.05, 4.69) is 16.5 Å². The van der Waals surface area contributed by atoms with Gasteiger partial charge in [0.25, 0.3) is 11.2 Å². The SMILES string of the molecule is C=CC(=O)N1CCN(c2ncnc3c(=O)n(-c4c(C)ccc([N+](=O)[O-])c4C)c(C)cc23)CC1. The minimum Gasteiger partial charge on any atom is -0.352 e. The summed E-state index contributed by atoms with van der Waals surface area (Å²) in [5.41, 5.74) is 2.11. The molecule has 0 spiro atoms. The third-order valence-electron chi connectivity index (χ3n) is 6.06. The number of benzene rings is 1. The number of nitro benzene ring substituents is 1. The summed E-state index contributed by atoms with van der Waals surface area (Å²) in [4.78, 5) is 48.9. The van der Waals surface area contributed by atoms with Crippen molar-refractivity contribution in [1.82, 2.24) is 19.4 Å². The van der Waals surface area contributed by atoms with Crippen molar-refractivity contribution in [1.29, 1.82) is 0 Å². The van der Waals surface area contributed by atoms with Crippen LogP contribution in [-0.4, -0.2) is 56.4 Å². The Hall–Kier alpha value is -4.08. The number of amides is 1. The Morgan fingerprint density at radius 3 is 2.48 bits per heavy atom. The largest absolute Gasteiger partial charge is 0.352 e. The van der Waals surface area contributed by atoms with Crippen LogP contribution < -0.4 is 10.5 Å². The number of fused-ring (bicyclic) bond motifs is 1. The minimum absolute atomic E-state index is 0.0442. The first-order chi connectivity index (χ1) is 15.7. The lowest BCUT2D eigenvalue weighted by Gasteiger charge is -2.35. The normalized spacial score (nSPS) is 13.9. The number of pyridine rings is 1. The van der Waals surface area contributed by atoms with Crippen molar-refractivity contribution in [3.63, 3.8) is 0 Å². The van der Waals surface area contributed by atoms with E-state index in [0.717, 1.165) is 5.56 Å². The number of rotatable bonds is 4. The molecular formula is C23H24N6O4. The van der Waals surface area contributed by atoms with Crippen molar-refractivity contribution in [3.05, 3.63) is 74.5 Å². The van der Waals surface area contributed by atoms with E-state index in [9.17, 15) is 19.7 Å². The van der Waals surface area contributed by atoms with Crippen molar-refractivity contribution < 1.29 is 9.72 Å². The molecule has 0 radical (unpaired) electrons. The number of aryl methyl sites for hydroxylation is 2. The molecule has 1 amide bonds. The first kappa shape index (κ1) is 22.1. The van der Waals surface area contributed by atoms with Crippen LogP contribution in [0.1, 0.15) is 16.8 Å². The fraction of sp³-hybridized carbons (Fsp3) is 0.304. The lowest BCUT2D eigenvalue weighted by molar-refractivity contribution is -0.385. The van der Waals surface area contributed by atoms with E-state index in [1.165, 1.54) is 23.0 Å². The molecule has 10 heteroatoms. The number of nitrogens with zero attached hydrogens (tertiary/aromatic N) is 6. The Morgan fingerprint density at radius 1 is 1.15 bits per heavy atom. The van der Waals surface area contributed by atoms with E-state index in [-0.39, 0.29) is 22.7 Å². The molecule has 0 saturated carbocycles. The highest BCUT2D eigenvalue weighted by molar-refractivity contribution is 5.90. The van der Waals surface area contributed by atoms with Gasteiger partial charge in [-0.3, -0.25) is 24.3 Å². The van der Waals surface area contributed by atoms with E-state index in [1.54, 1.807) is 24.8 Å². The summed E-state index contributed by atoms with van der Waals surface area (Å²) in [6, 6.07) is 4.93. The van der Waals surface area contributed by atoms with Crippen LogP contribution in [0.3, 0.4) is 0 Å². The van der Waals surface area contributed by atoms with E-state index in [0.29, 0.717) is 54.3 Å². The van der Waals surface area contributed by atoms with Gasteiger partial charge in [0.2, 0.25) is 5.91 Å². The van der Waals surface area contributed by atoms with E-state index < -0.39 is 4.92 Å². The van der Waals surface area contributed by atoms with Crippen molar-refractivity contribution in [2.75, 3.05) is 31.1 Å². The third-order valence-corrected chi connectivity index (χ3v) is 6.06. The molecule has 10 nitrogen and oxygen atoms in total. The van der Waals surface area contributed by atoms with Gasteiger partial charge in [0.15, 0.2) is 0 Å². The highest BCUT2D eigenvalue weighted by Crippen LogP contribution is 2.29. The fourth-order valence-electron chi connectivity index (χ4n) is 4.39. The van der Waals surface area contributed by atoms with Crippen molar-refractivity contribution in [3.8, 4) is 5.69 Å². The molecule has 1 saturated heterocycles. The van der Waals surface area contributed by atoms with Crippen molar-refractivity contribution in [2.45, 2.75) is 20.8 Å². The molecular weight excluding hydrogens is 424 g/mol. The molecule has 170 valence electrons. The number of aromatic nitrogens is 3. The summed E-state index contributed by atoms with van der Waals surface area (Å²) < 4.78 is 1.48. The Morgan fingerprint density at radius 2 is 1.85 bits per heavy atom. The number of piperazine rings is 1. The molecule has 0 unspecified atom stereocenters. The molecule has 3 heterocycles. The zero-order valence-electron chi connectivity index (χ0n) is 18.7. The molecule has 1 aliphatic heterocycles. The average Bonchev–Trinajstić information content (AvgIpc) is 2.80. The van der Waals surface area contributed by atoms with Gasteiger partial charge in [-0.1, -0.05) is 12.6 Å². The summed E-state index contributed by atoms with van der Waals surface area (Å²) >= 11 is 0. The summed E-state index contributed by atoms with van der Waals surface area (Å²) in [7, 11) is 0. The van der Waals surface area contributed by atoms with Gasteiger partial charge < -0.3 is 9.80 Å². The summed E-state index contributed by atoms with van der Waals surface area (Å²) in [6.07, 6.45) is 2.66. The quantitative estimate of drug-likeness (QED) is 0.342. The van der Waals surface area contributed by atoms with Crippen LogP contribution in [0.5, 0.6) is 0 Å². The Bertz CT molecular complexity index is 1360. The number of carbonyl (C=O) groups is 1. The zero-order chi connectivity index (χ0) is 23.9. The van der Waals surface area contributed by atoms with Crippen LogP contribution in [0.4, 0.5) is 11.5 Å². The lowest BCUT2D eigenvalue weighted by atomic mass is 10.1. The zero-order valence-corrected chi connectivity index (χ0v) is 18.7. The van der Waals surface area contributed by atoms with Gasteiger partial charge >= 0.3 is 0 Å². The van der Waals surface area contributed by atoms with E-state index in [1.807, 2.05) is 17.9 Å². The van der Waals surface area contributed by atoms with Crippen molar-refractivity contribution in [2.24, 2.45) is 0 Å². The molecule has 3 aromatic rings. The summed E-state index contributed by atoms with van der Waals surface area (Å²) in [6.45, 7) is 11.0. The molecule has 2 aromatic heterocycles. The van der Waals surface area contributed by atoms with Gasteiger partial charge in [-0.05, 0) is 38.5 Å². The summed E-state index contributed by atoms with van der Waals surface area (Å²) in [5, 5.41) is 12.1. The molecule has 4 rings (SSSR count). The number of hydrogen-bond acceptors (Lipinski definition) is 7. The van der Waals surface area contributed by atoms with E-state index in [4.69, 9.17) is 0 Å². The summed E-state index contributed by atoms with van der Waals surface area (Å²) in [5.74, 6) is 0.522. The monoisotopic (exact) mass is 448 g/mol. The third kappa shape index (κ3) is 3.73. The highest BCUT2D eigenvalue weighted by Gasteiger charge is 2.24. The van der Waals surface area contributed by atoms with Crippen molar-refractivity contribution >= 4 is 28.3 Å². The second-order valence-electron chi connectivity index (χ2n) is 8.03. The van der Waals surface area contributed by atoms with Gasteiger partial charge in [0, 0.05) is 37.9 Å². The molecule has 1 aromatic carbocycles. The maximum atomic E-state index is 13.6. The van der Waals surface area contributed by atoms with Gasteiger partial charge in [0.1, 0.15) is 17.7 Å². The standard InChI is InChI=1S/C23H24N6O4/c1-5-19(30)26-8-10-27(11-9-26)22-17-12-15(3)28(23(31)20(17)24-13-25-22)21-14(2)6-7-18(16(21)4)29(32)33/h5-7,12-13H,1,8-11H2,2-4H3. The second kappa shape index (κ2) is 8.45. The first-order valence-electron chi connectivity index (χ1n) is 10.5. The van der Waals surface area contributed by atoms with Crippen LogP contribution in [0.25, 0.3) is 16.6 Å². The predicted octanol–water partition coefficient (Wildman–Crippen LogP) is 2.45. The van der Waals surface area contributed by atoms with Gasteiger partial charge in [0.05, 0.1) is 21.6 Å². The van der Waals surface area contributed by atoms with Crippen LogP contribution >= 0.6 is 0 Å². The molecule has 0 bridgehead atoms. The molecule has 1 aliphatic rings. The van der Waals surface area contributed by atoms with Crippen LogP contribution in [0, 0.1) is 30.9 Å². The molecule has 1 fully saturated rings. The van der Waals surface area contributed by atoms with E-state index >= 15 is 0 Å². The van der Waals surface area contributed by atoms with Gasteiger partial charge in [-0.15, -0.1) is 0 Å². The number of carbonyl (C=O) groups excluding carboxylic acids is 1. The molecule has 33 heavy (non-hydrogen) atoms. The smallest absolute Gasteiger partial charge is 0.282 e. The Kier molecular flexibility index (Phi) is 5.67. The minimum atomic E-state index is -0.448. The highest BCUT2D eigenvalue weighted by atomic mass is 16.6. The molecule has 0 N–H and O–H groups in total. The van der Waals surface area contributed by atoms with Crippen LogP contribution in [0.2, 0.25) is 0 Å².